The number of ketones is 1. The lowest BCUT2D eigenvalue weighted by atomic mass is 9.85. The lowest BCUT2D eigenvalue weighted by Crippen LogP contribution is -2.33. The van der Waals surface area contributed by atoms with Crippen LogP contribution in [0, 0.1) is 29.5 Å². The van der Waals surface area contributed by atoms with Crippen molar-refractivity contribution in [2.24, 2.45) is 23.7 Å². The topological polar surface area (TPSA) is 63.7 Å². The zero-order chi connectivity index (χ0) is 21.0. The molecule has 2 amide bonds. The Bertz CT molecular complexity index is 1070. The Morgan fingerprint density at radius 3 is 2.30 bits per heavy atom. The number of carbonyl (C=O) groups is 3. The molecule has 1 saturated carbocycles. The fourth-order valence-electron chi connectivity index (χ4n) is 4.79. The van der Waals surface area contributed by atoms with E-state index in [0.29, 0.717) is 10.6 Å². The third-order valence-electron chi connectivity index (χ3n) is 6.16. The van der Waals surface area contributed by atoms with Crippen molar-refractivity contribution in [2.75, 3.05) is 11.5 Å². The number of amides is 2. The number of hydrogen-bond acceptors (Lipinski definition) is 4. The maximum Gasteiger partial charge on any atom is 0.238 e. The van der Waals surface area contributed by atoms with E-state index in [1.807, 2.05) is 12.2 Å². The summed E-state index contributed by atoms with van der Waals surface area (Å²) in [4.78, 5) is 39.8. The molecule has 7 heteroatoms. The molecule has 2 aromatic carbocycles. The number of halogens is 2. The summed E-state index contributed by atoms with van der Waals surface area (Å²) in [5.41, 5.74) is 0.552. The average Bonchev–Trinajstić information content (AvgIpc) is 3.41. The number of ether oxygens (including phenoxy) is 1. The molecule has 4 atom stereocenters. The van der Waals surface area contributed by atoms with Crippen molar-refractivity contribution < 1.29 is 23.5 Å². The maximum absolute atomic E-state index is 13.1. The minimum absolute atomic E-state index is 0.0880. The molecular weight excluding hydrogens is 409 g/mol. The predicted octanol–water partition coefficient (Wildman–Crippen LogP) is 4.05. The third-order valence-corrected chi connectivity index (χ3v) is 6.39. The number of nitrogens with zero attached hydrogens (tertiary/aromatic N) is 1. The van der Waals surface area contributed by atoms with Crippen LogP contribution in [0.3, 0.4) is 0 Å². The second-order valence-corrected chi connectivity index (χ2v) is 8.28. The van der Waals surface area contributed by atoms with Crippen LogP contribution in [0.1, 0.15) is 16.8 Å². The fraction of sp³-hybridized carbons (Fsp3) is 0.261. The van der Waals surface area contributed by atoms with Crippen LogP contribution in [-0.4, -0.2) is 24.2 Å². The number of benzene rings is 2. The lowest BCUT2D eigenvalue weighted by molar-refractivity contribution is -0.123. The molecule has 5 nitrogen and oxygen atoms in total. The summed E-state index contributed by atoms with van der Waals surface area (Å²) in [5.74, 6) is -1.59. The van der Waals surface area contributed by atoms with Crippen LogP contribution in [0.25, 0.3) is 0 Å². The summed E-state index contributed by atoms with van der Waals surface area (Å²) in [5, 5.41) is 0.348. The molecule has 4 unspecified atom stereocenters. The zero-order valence-corrected chi connectivity index (χ0v) is 16.5. The number of fused-ring (bicyclic) bond motifs is 5. The van der Waals surface area contributed by atoms with Gasteiger partial charge in [0.15, 0.2) is 12.4 Å². The van der Waals surface area contributed by atoms with E-state index in [1.54, 1.807) is 6.07 Å². The van der Waals surface area contributed by atoms with Crippen LogP contribution in [0.5, 0.6) is 5.75 Å². The highest BCUT2D eigenvalue weighted by Crippen LogP contribution is 2.54. The van der Waals surface area contributed by atoms with Gasteiger partial charge < -0.3 is 4.74 Å². The largest absolute Gasteiger partial charge is 0.483 e. The third kappa shape index (κ3) is 2.94. The molecule has 152 valence electrons. The molecule has 0 spiro atoms. The first kappa shape index (κ1) is 19.0. The number of rotatable bonds is 5. The maximum atomic E-state index is 13.1. The summed E-state index contributed by atoms with van der Waals surface area (Å²) in [7, 11) is 0. The standard InChI is InChI=1S/C23H17ClFNO4/c24-15-5-8-19(30-11-18(27)12-3-6-16(25)7-4-12)17(10-15)26-22(28)20-13-1-2-14(9-13)21(20)23(26)29/h1-8,10,13-14,20-21H,9,11H2. The van der Waals surface area contributed by atoms with Gasteiger partial charge in [-0.1, -0.05) is 23.8 Å². The van der Waals surface area contributed by atoms with E-state index in [-0.39, 0.29) is 59.3 Å². The van der Waals surface area contributed by atoms with Crippen LogP contribution < -0.4 is 9.64 Å². The van der Waals surface area contributed by atoms with Gasteiger partial charge in [-0.15, -0.1) is 0 Å². The Hall–Kier alpha value is -2.99. The van der Waals surface area contributed by atoms with E-state index in [9.17, 15) is 18.8 Å². The van der Waals surface area contributed by atoms with Gasteiger partial charge in [-0.3, -0.25) is 14.4 Å². The van der Waals surface area contributed by atoms with Gasteiger partial charge in [0.2, 0.25) is 11.8 Å². The van der Waals surface area contributed by atoms with Crippen molar-refractivity contribution in [3.63, 3.8) is 0 Å². The highest BCUT2D eigenvalue weighted by atomic mass is 35.5. The lowest BCUT2D eigenvalue weighted by Gasteiger charge is -2.21. The molecule has 30 heavy (non-hydrogen) atoms. The monoisotopic (exact) mass is 425 g/mol. The molecule has 5 rings (SSSR count). The molecule has 3 aliphatic rings. The molecule has 1 heterocycles. The SMILES string of the molecule is O=C(COc1ccc(Cl)cc1N1C(=O)C2C3C=CC(C3)C2C1=O)c1ccc(F)cc1. The van der Waals surface area contributed by atoms with E-state index in [4.69, 9.17) is 16.3 Å². The molecular formula is C23H17ClFNO4. The molecule has 0 aromatic heterocycles. The Morgan fingerprint density at radius 2 is 1.67 bits per heavy atom. The van der Waals surface area contributed by atoms with E-state index < -0.39 is 5.82 Å². The van der Waals surface area contributed by atoms with Gasteiger partial charge in [-0.05, 0) is 60.7 Å². The van der Waals surface area contributed by atoms with Gasteiger partial charge in [-0.2, -0.15) is 0 Å². The van der Waals surface area contributed by atoms with Crippen LogP contribution in [0.2, 0.25) is 5.02 Å². The van der Waals surface area contributed by atoms with Crippen molar-refractivity contribution in [3.8, 4) is 5.75 Å². The van der Waals surface area contributed by atoms with Crippen molar-refractivity contribution in [1.29, 1.82) is 0 Å². The summed E-state index contributed by atoms with van der Waals surface area (Å²) in [6.45, 7) is -0.323. The van der Waals surface area contributed by atoms with Gasteiger partial charge >= 0.3 is 0 Å². The van der Waals surface area contributed by atoms with Crippen LogP contribution in [0.4, 0.5) is 10.1 Å². The molecule has 2 bridgehead atoms. The minimum Gasteiger partial charge on any atom is -0.483 e. The van der Waals surface area contributed by atoms with Gasteiger partial charge in [0.05, 0.1) is 17.5 Å². The molecule has 1 aliphatic heterocycles. The van der Waals surface area contributed by atoms with Crippen molar-refractivity contribution in [3.05, 3.63) is 71.0 Å². The Labute approximate surface area is 177 Å². The molecule has 2 aromatic rings. The highest BCUT2D eigenvalue weighted by Gasteiger charge is 2.59. The van der Waals surface area contributed by atoms with E-state index >= 15 is 0 Å². The van der Waals surface area contributed by atoms with E-state index in [2.05, 4.69) is 0 Å². The quantitative estimate of drug-likeness (QED) is 0.412. The van der Waals surface area contributed by atoms with Crippen LogP contribution >= 0.6 is 11.6 Å². The Morgan fingerprint density at radius 1 is 1.03 bits per heavy atom. The van der Waals surface area contributed by atoms with Gasteiger partial charge in [0.25, 0.3) is 0 Å². The first-order chi connectivity index (χ1) is 14.4. The van der Waals surface area contributed by atoms with E-state index in [0.717, 1.165) is 11.3 Å². The van der Waals surface area contributed by atoms with Crippen molar-refractivity contribution >= 4 is 34.9 Å². The number of hydrogen-bond donors (Lipinski definition) is 0. The number of allylic oxidation sites excluding steroid dienone is 2. The highest BCUT2D eigenvalue weighted by molar-refractivity contribution is 6.31. The summed E-state index contributed by atoms with van der Waals surface area (Å²) >= 11 is 6.13. The first-order valence-electron chi connectivity index (χ1n) is 9.71. The normalized spacial score (nSPS) is 26.4. The van der Waals surface area contributed by atoms with Gasteiger partial charge in [0, 0.05) is 10.6 Å². The van der Waals surface area contributed by atoms with Crippen molar-refractivity contribution in [2.45, 2.75) is 6.42 Å². The smallest absolute Gasteiger partial charge is 0.238 e. The molecule has 2 aliphatic carbocycles. The van der Waals surface area contributed by atoms with Gasteiger partial charge in [-0.25, -0.2) is 9.29 Å². The summed E-state index contributed by atoms with van der Waals surface area (Å²) < 4.78 is 18.7. The fourth-order valence-corrected chi connectivity index (χ4v) is 4.96. The Balaban J connectivity index is 1.41. The van der Waals surface area contributed by atoms with Crippen LogP contribution in [0.15, 0.2) is 54.6 Å². The molecule has 0 radical (unpaired) electrons. The predicted molar refractivity (Wildman–Crippen MR) is 108 cm³/mol. The van der Waals surface area contributed by atoms with E-state index in [1.165, 1.54) is 36.4 Å². The second kappa shape index (κ2) is 7.06. The molecule has 2 fully saturated rings. The van der Waals surface area contributed by atoms with Crippen molar-refractivity contribution in [1.82, 2.24) is 0 Å². The second-order valence-electron chi connectivity index (χ2n) is 7.84. The number of imide groups is 1. The summed E-state index contributed by atoms with van der Waals surface area (Å²) in [6, 6.07) is 9.76. The zero-order valence-electron chi connectivity index (χ0n) is 15.8. The number of anilines is 1. The first-order valence-corrected chi connectivity index (χ1v) is 10.1. The summed E-state index contributed by atoms with van der Waals surface area (Å²) in [6.07, 6.45) is 4.89. The average molecular weight is 426 g/mol. The molecule has 1 saturated heterocycles. The molecule has 0 N–H and O–H groups in total. The Kier molecular flexibility index (Phi) is 4.47. The minimum atomic E-state index is -0.437. The van der Waals surface area contributed by atoms with Crippen LogP contribution in [-0.2, 0) is 9.59 Å². The number of Topliss-reactive ketones (excluding diaryl/α,β-unsaturated/α-hetero) is 1. The van der Waals surface area contributed by atoms with Gasteiger partial charge in [0.1, 0.15) is 11.6 Å². The number of carbonyl (C=O) groups excluding carboxylic acids is 3.